The molecular weight excluding hydrogens is 204 g/mol. The Morgan fingerprint density at radius 2 is 2.06 bits per heavy atom. The third-order valence-corrected chi connectivity index (χ3v) is 3.61. The van der Waals surface area contributed by atoms with Gasteiger partial charge in [-0.3, -0.25) is 4.79 Å². The molecule has 1 fully saturated rings. The molecule has 0 saturated heterocycles. The molecule has 0 aliphatic heterocycles. The van der Waals surface area contributed by atoms with Crippen molar-refractivity contribution in [3.05, 3.63) is 0 Å². The van der Waals surface area contributed by atoms with Gasteiger partial charge in [0.05, 0.1) is 6.04 Å². The van der Waals surface area contributed by atoms with Gasteiger partial charge in [0.15, 0.2) is 0 Å². The minimum atomic E-state index is -0.422. The van der Waals surface area contributed by atoms with Gasteiger partial charge in [0.1, 0.15) is 0 Å². The van der Waals surface area contributed by atoms with Crippen LogP contribution in [0, 0.1) is 17.8 Å². The van der Waals surface area contributed by atoms with E-state index in [1.807, 2.05) is 13.8 Å². The largest absolute Gasteiger partial charge is 0.396 e. The molecule has 3 atom stereocenters. The number of carbonyl (C=O) groups is 1. The second kappa shape index (κ2) is 6.21. The summed E-state index contributed by atoms with van der Waals surface area (Å²) >= 11 is 0. The molecule has 4 heteroatoms. The minimum absolute atomic E-state index is 0.0708. The van der Waals surface area contributed by atoms with E-state index in [4.69, 9.17) is 10.8 Å². The lowest BCUT2D eigenvalue weighted by atomic mass is 9.96. The second-order valence-corrected chi connectivity index (χ2v) is 5.15. The molecule has 1 saturated carbocycles. The first-order valence-corrected chi connectivity index (χ1v) is 6.20. The van der Waals surface area contributed by atoms with Crippen LogP contribution in [-0.4, -0.2) is 30.2 Å². The standard InChI is InChI=1S/C12H24N2O2/c1-8(2)11(13)12(16)14-6-9-4-3-5-10(9)7-15/h8-11,15H,3-7,13H2,1-2H3,(H,14,16)/t9?,10?,11-/m0/s1. The van der Waals surface area contributed by atoms with Gasteiger partial charge in [0, 0.05) is 13.2 Å². The Labute approximate surface area is 97.6 Å². The monoisotopic (exact) mass is 228 g/mol. The van der Waals surface area contributed by atoms with Gasteiger partial charge in [-0.1, -0.05) is 20.3 Å². The number of aliphatic hydroxyl groups is 1. The van der Waals surface area contributed by atoms with Gasteiger partial charge in [0.2, 0.25) is 5.91 Å². The van der Waals surface area contributed by atoms with E-state index in [9.17, 15) is 4.79 Å². The number of amides is 1. The van der Waals surface area contributed by atoms with E-state index >= 15 is 0 Å². The van der Waals surface area contributed by atoms with Crippen molar-refractivity contribution in [2.24, 2.45) is 23.5 Å². The van der Waals surface area contributed by atoms with Gasteiger partial charge in [-0.05, 0) is 30.6 Å². The molecule has 0 aromatic rings. The van der Waals surface area contributed by atoms with Crippen molar-refractivity contribution in [1.82, 2.24) is 5.32 Å². The molecule has 0 spiro atoms. The number of nitrogens with two attached hydrogens (primary N) is 1. The second-order valence-electron chi connectivity index (χ2n) is 5.15. The molecule has 2 unspecified atom stereocenters. The maximum atomic E-state index is 11.6. The summed E-state index contributed by atoms with van der Waals surface area (Å²) in [5.41, 5.74) is 5.75. The molecule has 94 valence electrons. The Morgan fingerprint density at radius 3 is 2.62 bits per heavy atom. The summed E-state index contributed by atoms with van der Waals surface area (Å²) in [5.74, 6) is 0.875. The molecular formula is C12H24N2O2. The highest BCUT2D eigenvalue weighted by Gasteiger charge is 2.27. The quantitative estimate of drug-likeness (QED) is 0.641. The fourth-order valence-electron chi connectivity index (χ4n) is 2.28. The van der Waals surface area contributed by atoms with Crippen molar-refractivity contribution in [2.75, 3.05) is 13.2 Å². The van der Waals surface area contributed by atoms with Crippen LogP contribution < -0.4 is 11.1 Å². The van der Waals surface area contributed by atoms with Crippen molar-refractivity contribution >= 4 is 5.91 Å². The summed E-state index contributed by atoms with van der Waals surface area (Å²) in [6.45, 7) is 4.77. The lowest BCUT2D eigenvalue weighted by Crippen LogP contribution is -2.45. The van der Waals surface area contributed by atoms with Gasteiger partial charge in [-0.25, -0.2) is 0 Å². The zero-order chi connectivity index (χ0) is 12.1. The van der Waals surface area contributed by atoms with E-state index < -0.39 is 6.04 Å². The van der Waals surface area contributed by atoms with Crippen molar-refractivity contribution in [1.29, 1.82) is 0 Å². The van der Waals surface area contributed by atoms with Crippen LogP contribution in [-0.2, 0) is 4.79 Å². The summed E-state index contributed by atoms with van der Waals surface area (Å²) in [5, 5.41) is 12.1. The predicted octanol–water partition coefficient (Wildman–Crippen LogP) is 0.494. The molecule has 4 nitrogen and oxygen atoms in total. The van der Waals surface area contributed by atoms with E-state index in [1.54, 1.807) is 0 Å². The highest BCUT2D eigenvalue weighted by atomic mass is 16.3. The molecule has 4 N–H and O–H groups in total. The summed E-state index contributed by atoms with van der Waals surface area (Å²) in [7, 11) is 0. The van der Waals surface area contributed by atoms with Gasteiger partial charge < -0.3 is 16.2 Å². The molecule has 1 amide bonds. The van der Waals surface area contributed by atoms with Gasteiger partial charge in [-0.15, -0.1) is 0 Å². The SMILES string of the molecule is CC(C)[C@H](N)C(=O)NCC1CCCC1CO. The minimum Gasteiger partial charge on any atom is -0.396 e. The molecule has 1 rings (SSSR count). The van der Waals surface area contributed by atoms with E-state index in [2.05, 4.69) is 5.32 Å². The van der Waals surface area contributed by atoms with E-state index in [0.29, 0.717) is 18.4 Å². The van der Waals surface area contributed by atoms with Gasteiger partial charge >= 0.3 is 0 Å². The Hall–Kier alpha value is -0.610. The first-order valence-electron chi connectivity index (χ1n) is 6.20. The molecule has 0 bridgehead atoms. The van der Waals surface area contributed by atoms with Crippen LogP contribution in [0.25, 0.3) is 0 Å². The molecule has 0 heterocycles. The normalized spacial score (nSPS) is 27.1. The predicted molar refractivity (Wildman–Crippen MR) is 63.7 cm³/mol. The van der Waals surface area contributed by atoms with E-state index in [-0.39, 0.29) is 18.4 Å². The van der Waals surface area contributed by atoms with Crippen LogP contribution >= 0.6 is 0 Å². The fraction of sp³-hybridized carbons (Fsp3) is 0.917. The average molecular weight is 228 g/mol. The summed E-state index contributed by atoms with van der Waals surface area (Å²) in [6, 6.07) is -0.422. The third-order valence-electron chi connectivity index (χ3n) is 3.61. The Morgan fingerprint density at radius 1 is 1.44 bits per heavy atom. The Bertz CT molecular complexity index is 231. The number of hydrogen-bond donors (Lipinski definition) is 3. The smallest absolute Gasteiger partial charge is 0.237 e. The zero-order valence-corrected chi connectivity index (χ0v) is 10.3. The fourth-order valence-corrected chi connectivity index (χ4v) is 2.28. The van der Waals surface area contributed by atoms with Crippen LogP contribution in [0.5, 0.6) is 0 Å². The topological polar surface area (TPSA) is 75.4 Å². The summed E-state index contributed by atoms with van der Waals surface area (Å²) in [6.07, 6.45) is 3.33. The molecule has 16 heavy (non-hydrogen) atoms. The van der Waals surface area contributed by atoms with Crippen molar-refractivity contribution < 1.29 is 9.90 Å². The van der Waals surface area contributed by atoms with Crippen molar-refractivity contribution in [3.63, 3.8) is 0 Å². The van der Waals surface area contributed by atoms with Crippen molar-refractivity contribution in [2.45, 2.75) is 39.2 Å². The van der Waals surface area contributed by atoms with Crippen molar-refractivity contribution in [3.8, 4) is 0 Å². The Balaban J connectivity index is 2.31. The summed E-state index contributed by atoms with van der Waals surface area (Å²) in [4.78, 5) is 11.6. The zero-order valence-electron chi connectivity index (χ0n) is 10.3. The van der Waals surface area contributed by atoms with E-state index in [1.165, 1.54) is 0 Å². The molecule has 0 radical (unpaired) electrons. The van der Waals surface area contributed by atoms with Crippen LogP contribution in [0.2, 0.25) is 0 Å². The number of hydrogen-bond acceptors (Lipinski definition) is 3. The number of carbonyl (C=O) groups excluding carboxylic acids is 1. The van der Waals surface area contributed by atoms with Gasteiger partial charge in [0.25, 0.3) is 0 Å². The first-order chi connectivity index (χ1) is 7.56. The first kappa shape index (κ1) is 13.5. The highest BCUT2D eigenvalue weighted by Crippen LogP contribution is 2.30. The number of rotatable bonds is 5. The lowest BCUT2D eigenvalue weighted by Gasteiger charge is -2.20. The van der Waals surface area contributed by atoms with Crippen LogP contribution in [0.1, 0.15) is 33.1 Å². The average Bonchev–Trinajstić information content (AvgIpc) is 2.71. The van der Waals surface area contributed by atoms with Gasteiger partial charge in [-0.2, -0.15) is 0 Å². The molecule has 1 aliphatic rings. The molecule has 0 aromatic carbocycles. The van der Waals surface area contributed by atoms with Crippen LogP contribution in [0.15, 0.2) is 0 Å². The lowest BCUT2D eigenvalue weighted by molar-refractivity contribution is -0.123. The summed E-state index contributed by atoms with van der Waals surface area (Å²) < 4.78 is 0. The van der Waals surface area contributed by atoms with Crippen LogP contribution in [0.3, 0.4) is 0 Å². The maximum absolute atomic E-state index is 11.6. The molecule has 1 aliphatic carbocycles. The third kappa shape index (κ3) is 3.46. The number of aliphatic hydroxyl groups excluding tert-OH is 1. The van der Waals surface area contributed by atoms with E-state index in [0.717, 1.165) is 19.3 Å². The maximum Gasteiger partial charge on any atom is 0.237 e. The highest BCUT2D eigenvalue weighted by molar-refractivity contribution is 5.81. The van der Waals surface area contributed by atoms with Crippen LogP contribution in [0.4, 0.5) is 0 Å². The Kier molecular flexibility index (Phi) is 5.22. The molecule has 0 aromatic heterocycles. The number of nitrogens with one attached hydrogen (secondary N) is 1.